The molecule has 1 saturated heterocycles. The van der Waals surface area contributed by atoms with Gasteiger partial charge in [-0.3, -0.25) is 9.32 Å². The zero-order chi connectivity index (χ0) is 27.3. The van der Waals surface area contributed by atoms with Crippen LogP contribution in [-0.2, 0) is 28.1 Å². The predicted molar refractivity (Wildman–Crippen MR) is 136 cm³/mol. The third kappa shape index (κ3) is 7.19. The Morgan fingerprint density at radius 2 is 1.95 bits per heavy atom. The molecule has 5 unspecified atom stereocenters. The summed E-state index contributed by atoms with van der Waals surface area (Å²) in [7, 11) is -2.77. The number of hydrogen-bond donors (Lipinski definition) is 3. The highest BCUT2D eigenvalue weighted by Gasteiger charge is 2.51. The maximum Gasteiger partial charge on any atom is 0.459 e. The topological polar surface area (TPSA) is 154 Å². The standard InChI is InChI=1S/C24H35N4O8P/c1-14(2)33-24(30)15(3)27-37(31,36-18-10-8-7-9-11-18)35-16(4)21-20(29)22(32-6)23(34-21)28-13-12-19(25)26-17(28)5/h7-16,20-23,29H,5H2,1-4,6H3,(H2,25,26)(H,27,31)/t15?,16?,20?,21-,22?,23-,37?/m1/s1. The highest BCUT2D eigenvalue weighted by molar-refractivity contribution is 7.52. The quantitative estimate of drug-likeness (QED) is 0.281. The van der Waals surface area contributed by atoms with Gasteiger partial charge in [-0.25, -0.2) is 9.56 Å². The largest absolute Gasteiger partial charge is 0.462 e. The molecule has 0 aromatic heterocycles. The number of nitrogens with two attached hydrogens (primary N) is 1. The monoisotopic (exact) mass is 538 g/mol. The molecule has 12 nitrogen and oxygen atoms in total. The van der Waals surface area contributed by atoms with Crippen molar-refractivity contribution in [2.24, 2.45) is 10.7 Å². The van der Waals surface area contributed by atoms with Gasteiger partial charge in [0.15, 0.2) is 6.23 Å². The number of nitrogens with one attached hydrogen (secondary N) is 1. The van der Waals surface area contributed by atoms with Crippen molar-refractivity contribution in [1.29, 1.82) is 0 Å². The Kier molecular flexibility index (Phi) is 9.51. The first kappa shape index (κ1) is 28.8. The van der Waals surface area contributed by atoms with E-state index < -0.39 is 50.4 Å². The lowest BCUT2D eigenvalue weighted by Crippen LogP contribution is -2.43. The van der Waals surface area contributed by atoms with Gasteiger partial charge in [0.2, 0.25) is 0 Å². The number of methoxy groups -OCH3 is 1. The molecule has 37 heavy (non-hydrogen) atoms. The van der Waals surface area contributed by atoms with Crippen LogP contribution in [0.15, 0.2) is 60.0 Å². The maximum absolute atomic E-state index is 13.9. The molecule has 2 heterocycles. The summed E-state index contributed by atoms with van der Waals surface area (Å²) >= 11 is 0. The first-order valence-electron chi connectivity index (χ1n) is 11.8. The van der Waals surface area contributed by atoms with E-state index in [1.165, 1.54) is 14.0 Å². The zero-order valence-corrected chi connectivity index (χ0v) is 22.4. The molecule has 2 aliphatic heterocycles. The highest BCUT2D eigenvalue weighted by Crippen LogP contribution is 2.47. The van der Waals surface area contributed by atoms with Crippen LogP contribution in [0, 0.1) is 0 Å². The fourth-order valence-electron chi connectivity index (χ4n) is 3.86. The second-order valence-corrected chi connectivity index (χ2v) is 10.6. The van der Waals surface area contributed by atoms with E-state index in [0.717, 1.165) is 0 Å². The van der Waals surface area contributed by atoms with Gasteiger partial charge < -0.3 is 34.5 Å². The molecule has 7 atom stereocenters. The van der Waals surface area contributed by atoms with Crippen LogP contribution in [-0.4, -0.2) is 71.7 Å². The van der Waals surface area contributed by atoms with Crippen molar-refractivity contribution in [3.63, 3.8) is 0 Å². The van der Waals surface area contributed by atoms with E-state index in [9.17, 15) is 14.5 Å². The van der Waals surface area contributed by atoms with Crippen molar-refractivity contribution in [1.82, 2.24) is 9.99 Å². The minimum absolute atomic E-state index is 0.251. The smallest absolute Gasteiger partial charge is 0.459 e. The normalized spacial score (nSPS) is 26.9. The SMILES string of the molecule is C=C1N=C(N)C=CN1[C@@H]1O[C@H](C(C)OP(=O)(NC(C)C(=O)OC(C)C)Oc2ccccc2)C(O)C1OC. The van der Waals surface area contributed by atoms with Crippen LogP contribution in [0.25, 0.3) is 0 Å². The van der Waals surface area contributed by atoms with E-state index in [0.29, 0.717) is 5.82 Å². The lowest BCUT2D eigenvalue weighted by Gasteiger charge is -2.32. The average molecular weight is 539 g/mol. The molecular weight excluding hydrogens is 503 g/mol. The van der Waals surface area contributed by atoms with E-state index in [4.69, 9.17) is 29.0 Å². The molecular formula is C24H35N4O8P. The third-order valence-electron chi connectivity index (χ3n) is 5.55. The molecule has 0 bridgehead atoms. The van der Waals surface area contributed by atoms with Gasteiger partial charge in [-0.05, 0) is 45.9 Å². The fraction of sp³-hybridized carbons (Fsp3) is 0.500. The molecule has 204 valence electrons. The van der Waals surface area contributed by atoms with Gasteiger partial charge in [-0.15, -0.1) is 0 Å². The summed E-state index contributed by atoms with van der Waals surface area (Å²) in [5, 5.41) is 13.6. The number of para-hydroxylation sites is 1. The molecule has 0 radical (unpaired) electrons. The predicted octanol–water partition coefficient (Wildman–Crippen LogP) is 2.27. The second-order valence-electron chi connectivity index (χ2n) is 8.91. The summed E-state index contributed by atoms with van der Waals surface area (Å²) in [4.78, 5) is 18.1. The summed E-state index contributed by atoms with van der Waals surface area (Å²) in [5.41, 5.74) is 5.73. The number of esters is 1. The summed E-state index contributed by atoms with van der Waals surface area (Å²) in [5.74, 6) is 0.193. The number of benzene rings is 1. The Labute approximate surface area is 216 Å². The third-order valence-corrected chi connectivity index (χ3v) is 7.32. The van der Waals surface area contributed by atoms with Gasteiger partial charge in [0.1, 0.15) is 41.8 Å². The fourth-order valence-corrected chi connectivity index (χ4v) is 5.56. The molecule has 1 aromatic carbocycles. The molecule has 1 aromatic rings. The molecule has 3 rings (SSSR count). The summed E-state index contributed by atoms with van der Waals surface area (Å²) in [6.45, 7) is 10.3. The lowest BCUT2D eigenvalue weighted by atomic mass is 10.1. The number of aliphatic hydroxyl groups is 1. The summed E-state index contributed by atoms with van der Waals surface area (Å²) < 4.78 is 42.2. The van der Waals surface area contributed by atoms with Crippen molar-refractivity contribution < 1.29 is 37.7 Å². The van der Waals surface area contributed by atoms with Crippen molar-refractivity contribution >= 4 is 19.6 Å². The number of aliphatic imine (C=N–C) groups is 1. The van der Waals surface area contributed by atoms with E-state index in [2.05, 4.69) is 16.7 Å². The molecule has 0 saturated carbocycles. The Balaban J connectivity index is 1.80. The van der Waals surface area contributed by atoms with Crippen LogP contribution in [0.4, 0.5) is 0 Å². The van der Waals surface area contributed by atoms with Crippen LogP contribution < -0.4 is 15.3 Å². The maximum atomic E-state index is 13.9. The van der Waals surface area contributed by atoms with Gasteiger partial charge >= 0.3 is 13.7 Å². The molecule has 2 aliphatic rings. The number of nitrogens with zero attached hydrogens (tertiary/aromatic N) is 2. The number of carbonyl (C=O) groups excluding carboxylic acids is 1. The molecule has 0 spiro atoms. The number of aliphatic hydroxyl groups excluding tert-OH is 1. The molecule has 4 N–H and O–H groups in total. The zero-order valence-electron chi connectivity index (χ0n) is 21.5. The summed E-state index contributed by atoms with van der Waals surface area (Å²) in [6.07, 6.45) is -1.98. The van der Waals surface area contributed by atoms with Gasteiger partial charge in [0.05, 0.1) is 12.2 Å². The number of hydrogen-bond acceptors (Lipinski definition) is 11. The average Bonchev–Trinajstić information content (AvgIpc) is 3.15. The number of carbonyl (C=O) groups is 1. The molecule has 0 amide bonds. The second kappa shape index (κ2) is 12.2. The molecule has 1 fully saturated rings. The van der Waals surface area contributed by atoms with Crippen molar-refractivity contribution in [2.45, 2.75) is 70.5 Å². The van der Waals surface area contributed by atoms with Gasteiger partial charge in [-0.2, -0.15) is 5.09 Å². The van der Waals surface area contributed by atoms with E-state index in [1.807, 2.05) is 0 Å². The lowest BCUT2D eigenvalue weighted by molar-refractivity contribution is -0.149. The van der Waals surface area contributed by atoms with Crippen LogP contribution in [0.2, 0.25) is 0 Å². The number of amidine groups is 1. The van der Waals surface area contributed by atoms with Gasteiger partial charge in [-0.1, -0.05) is 24.8 Å². The van der Waals surface area contributed by atoms with Gasteiger partial charge in [0, 0.05) is 13.3 Å². The first-order chi connectivity index (χ1) is 17.4. The van der Waals surface area contributed by atoms with Crippen LogP contribution in [0.5, 0.6) is 5.75 Å². The Hall–Kier alpha value is -2.73. The molecule has 13 heteroatoms. The number of rotatable bonds is 11. The highest BCUT2D eigenvalue weighted by atomic mass is 31.2. The Bertz CT molecular complexity index is 1070. The van der Waals surface area contributed by atoms with Crippen LogP contribution >= 0.6 is 7.75 Å². The van der Waals surface area contributed by atoms with Crippen molar-refractivity contribution in [3.05, 3.63) is 55.0 Å². The summed E-state index contributed by atoms with van der Waals surface area (Å²) in [6, 6.07) is 7.33. The van der Waals surface area contributed by atoms with E-state index in [-0.39, 0.29) is 17.7 Å². The first-order valence-corrected chi connectivity index (χ1v) is 13.4. The Morgan fingerprint density at radius 3 is 2.54 bits per heavy atom. The van der Waals surface area contributed by atoms with Crippen LogP contribution in [0.3, 0.4) is 0 Å². The van der Waals surface area contributed by atoms with Crippen molar-refractivity contribution in [3.8, 4) is 5.75 Å². The van der Waals surface area contributed by atoms with E-state index in [1.54, 1.807) is 68.3 Å². The van der Waals surface area contributed by atoms with Crippen LogP contribution in [0.1, 0.15) is 27.7 Å². The number of ether oxygens (including phenoxy) is 3. The molecule has 0 aliphatic carbocycles. The Morgan fingerprint density at radius 1 is 1.27 bits per heavy atom. The van der Waals surface area contributed by atoms with Crippen molar-refractivity contribution in [2.75, 3.05) is 7.11 Å². The van der Waals surface area contributed by atoms with E-state index >= 15 is 0 Å². The minimum atomic E-state index is -4.20. The van der Waals surface area contributed by atoms with Gasteiger partial charge in [0.25, 0.3) is 0 Å². The minimum Gasteiger partial charge on any atom is -0.462 e.